The van der Waals surface area contributed by atoms with Gasteiger partial charge in [0.15, 0.2) is 12.6 Å². The third kappa shape index (κ3) is 13.0. The molecule has 0 N–H and O–H groups in total. The minimum atomic E-state index is -3.61. The lowest BCUT2D eigenvalue weighted by Gasteiger charge is -2.36. The molecule has 1 aromatic rings. The van der Waals surface area contributed by atoms with Gasteiger partial charge in [-0.15, -0.1) is 0 Å². The Morgan fingerprint density at radius 3 is 2.35 bits per heavy atom. The van der Waals surface area contributed by atoms with Crippen molar-refractivity contribution < 1.29 is 36.0 Å². The molecule has 2 saturated heterocycles. The lowest BCUT2D eigenvalue weighted by Crippen LogP contribution is -2.43. The van der Waals surface area contributed by atoms with Gasteiger partial charge in [0.1, 0.15) is 5.75 Å². The highest BCUT2D eigenvalue weighted by Crippen LogP contribution is 2.44. The summed E-state index contributed by atoms with van der Waals surface area (Å²) in [6.07, 6.45) is 15.8. The molecule has 3 fully saturated rings. The summed E-state index contributed by atoms with van der Waals surface area (Å²) in [5.74, 6) is 1.48. The fraction of sp³-hybridized carbons (Fsp3) is 0.795. The van der Waals surface area contributed by atoms with Crippen LogP contribution >= 0.6 is 0 Å². The molecule has 0 aromatic heterocycles. The predicted octanol–water partition coefficient (Wildman–Crippen LogP) is 9.05. The molecule has 2 heterocycles. The number of ether oxygens (including phenoxy) is 4. The van der Waals surface area contributed by atoms with E-state index in [0.29, 0.717) is 18.9 Å². The van der Waals surface area contributed by atoms with Crippen LogP contribution in [0.1, 0.15) is 104 Å². The van der Waals surface area contributed by atoms with Crippen molar-refractivity contribution in [3.05, 3.63) is 42.0 Å². The maximum absolute atomic E-state index is 12.2. The normalized spacial score (nSPS) is 28.5. The van der Waals surface area contributed by atoms with Crippen molar-refractivity contribution in [1.29, 1.82) is 0 Å². The SMILES string of the molecule is CCC[C@H](C)C[C@@H](/C=C/[C@@H]1[C@@H](Cc2cccc(O[Si](C)(C)C(C)(C)C)c2)[C@@H](COS(C)(=O)=O)C[C@H]1O[C@@H]1CCCCO1)O[C@H]1CCCCO1. The van der Waals surface area contributed by atoms with Crippen LogP contribution in [0.4, 0.5) is 0 Å². The van der Waals surface area contributed by atoms with Crippen LogP contribution < -0.4 is 4.43 Å². The van der Waals surface area contributed by atoms with Crippen molar-refractivity contribution in [2.75, 3.05) is 26.1 Å². The Morgan fingerprint density at radius 2 is 1.73 bits per heavy atom. The fourth-order valence-electron chi connectivity index (χ4n) is 7.26. The highest BCUT2D eigenvalue weighted by molar-refractivity contribution is 7.85. The van der Waals surface area contributed by atoms with Crippen molar-refractivity contribution in [3.8, 4) is 5.75 Å². The summed E-state index contributed by atoms with van der Waals surface area (Å²) in [4.78, 5) is 0. The molecule has 0 spiro atoms. The molecular weight excluding hydrogens is 657 g/mol. The third-order valence-electron chi connectivity index (χ3n) is 11.0. The number of hydrogen-bond acceptors (Lipinski definition) is 8. The van der Waals surface area contributed by atoms with E-state index in [2.05, 4.69) is 84.1 Å². The number of benzene rings is 1. The predicted molar refractivity (Wildman–Crippen MR) is 199 cm³/mol. The molecule has 8 nitrogen and oxygen atoms in total. The largest absolute Gasteiger partial charge is 0.543 e. The van der Waals surface area contributed by atoms with Crippen LogP contribution in [0.5, 0.6) is 5.75 Å². The smallest absolute Gasteiger partial charge is 0.264 e. The number of hydrogen-bond donors (Lipinski definition) is 0. The van der Waals surface area contributed by atoms with Crippen molar-refractivity contribution >= 4 is 18.4 Å². The van der Waals surface area contributed by atoms with Crippen LogP contribution in [0.15, 0.2) is 36.4 Å². The van der Waals surface area contributed by atoms with Crippen LogP contribution in [0, 0.1) is 23.7 Å². The second-order valence-electron chi connectivity index (χ2n) is 16.4. The summed E-state index contributed by atoms with van der Waals surface area (Å²) in [7, 11) is -5.63. The topological polar surface area (TPSA) is 89.5 Å². The van der Waals surface area contributed by atoms with Crippen molar-refractivity contribution in [2.24, 2.45) is 23.7 Å². The van der Waals surface area contributed by atoms with Gasteiger partial charge in [-0.3, -0.25) is 4.18 Å². The average Bonchev–Trinajstić information content (AvgIpc) is 3.34. The third-order valence-corrected chi connectivity index (χ3v) is 15.9. The molecular formula is C39H66O8SSi. The van der Waals surface area contributed by atoms with Crippen LogP contribution in [0.3, 0.4) is 0 Å². The van der Waals surface area contributed by atoms with Gasteiger partial charge >= 0.3 is 0 Å². The van der Waals surface area contributed by atoms with Gasteiger partial charge in [0.05, 0.1) is 25.1 Å². The molecule has 3 aliphatic rings. The summed E-state index contributed by atoms with van der Waals surface area (Å²) in [6, 6.07) is 8.46. The van der Waals surface area contributed by atoms with E-state index in [4.69, 9.17) is 27.6 Å². The average molecular weight is 723 g/mol. The Bertz CT molecular complexity index is 1270. The number of rotatable bonds is 17. The van der Waals surface area contributed by atoms with Gasteiger partial charge in [-0.05, 0) is 111 Å². The monoisotopic (exact) mass is 722 g/mol. The second kappa shape index (κ2) is 18.5. The van der Waals surface area contributed by atoms with Crippen LogP contribution in [-0.2, 0) is 39.7 Å². The Kier molecular flexibility index (Phi) is 15.3. The minimum absolute atomic E-state index is 0.0171. The van der Waals surface area contributed by atoms with Crippen LogP contribution in [-0.4, -0.2) is 67.6 Å². The van der Waals surface area contributed by atoms with Gasteiger partial charge in [-0.25, -0.2) is 0 Å². The summed E-state index contributed by atoms with van der Waals surface area (Å²) < 4.78 is 62.1. The van der Waals surface area contributed by atoms with E-state index in [1.165, 1.54) is 5.56 Å². The lowest BCUT2D eigenvalue weighted by molar-refractivity contribution is -0.193. The lowest BCUT2D eigenvalue weighted by atomic mass is 9.83. The molecule has 8 atom stereocenters. The van der Waals surface area contributed by atoms with E-state index in [0.717, 1.165) is 82.8 Å². The molecule has 280 valence electrons. The van der Waals surface area contributed by atoms with Crippen LogP contribution in [0.25, 0.3) is 0 Å². The Balaban J connectivity index is 1.66. The highest BCUT2D eigenvalue weighted by atomic mass is 32.2. The molecule has 2 aliphatic heterocycles. The molecule has 1 aliphatic carbocycles. The van der Waals surface area contributed by atoms with E-state index in [1.54, 1.807) is 0 Å². The van der Waals surface area contributed by atoms with Gasteiger partial charge < -0.3 is 23.4 Å². The van der Waals surface area contributed by atoms with Crippen molar-refractivity contribution in [3.63, 3.8) is 0 Å². The zero-order valence-corrected chi connectivity index (χ0v) is 33.5. The zero-order chi connectivity index (χ0) is 35.7. The first kappa shape index (κ1) is 40.5. The first-order valence-corrected chi connectivity index (χ1v) is 23.7. The van der Waals surface area contributed by atoms with Gasteiger partial charge in [0.2, 0.25) is 8.32 Å². The Morgan fingerprint density at radius 1 is 1.04 bits per heavy atom. The molecule has 1 aromatic carbocycles. The Hall–Kier alpha value is -1.27. The van der Waals surface area contributed by atoms with E-state index in [9.17, 15) is 8.42 Å². The van der Waals surface area contributed by atoms with Gasteiger partial charge in [0.25, 0.3) is 10.1 Å². The summed E-state index contributed by atoms with van der Waals surface area (Å²) in [5, 5.41) is 0.0834. The second-order valence-corrected chi connectivity index (χ2v) is 22.8. The quantitative estimate of drug-likeness (QED) is 0.0894. The molecule has 0 amide bonds. The molecule has 49 heavy (non-hydrogen) atoms. The standard InChI is InChI=1S/C39H66O8SSi/c1-9-15-29(2)24-32(45-37-18-10-12-22-42-37)20-21-34-35(26-30-16-14-17-33(25-30)47-49(7,8)39(3,4)5)31(28-44-48(6,40)41)27-36(34)46-38-19-11-13-23-43-38/h14,16-17,20-21,25,29,31-32,34-38H,9-13,15,18-19,22-24,26-28H2,1-8H3/b21-20+/t29-,31+,32+,34+,35-,36+,37-,38+/m0/s1. The zero-order valence-electron chi connectivity index (χ0n) is 31.7. The van der Waals surface area contributed by atoms with Gasteiger partial charge in [-0.2, -0.15) is 8.42 Å². The molecule has 4 rings (SSSR count). The van der Waals surface area contributed by atoms with Crippen LogP contribution in [0.2, 0.25) is 18.1 Å². The van der Waals surface area contributed by atoms with Gasteiger partial charge in [0, 0.05) is 19.1 Å². The molecule has 1 saturated carbocycles. The summed E-state index contributed by atoms with van der Waals surface area (Å²) >= 11 is 0. The van der Waals surface area contributed by atoms with E-state index < -0.39 is 18.4 Å². The Labute approximate surface area is 299 Å². The first-order chi connectivity index (χ1) is 23.1. The molecule has 0 bridgehead atoms. The molecule has 10 heteroatoms. The summed E-state index contributed by atoms with van der Waals surface area (Å²) in [5.41, 5.74) is 1.17. The van der Waals surface area contributed by atoms with E-state index >= 15 is 0 Å². The van der Waals surface area contributed by atoms with E-state index in [1.807, 2.05) is 0 Å². The maximum Gasteiger partial charge on any atom is 0.264 e. The summed E-state index contributed by atoms with van der Waals surface area (Å²) in [6.45, 7) is 17.4. The first-order valence-electron chi connectivity index (χ1n) is 19.0. The van der Waals surface area contributed by atoms with Crippen molar-refractivity contribution in [1.82, 2.24) is 0 Å². The van der Waals surface area contributed by atoms with Crippen molar-refractivity contribution in [2.45, 2.75) is 148 Å². The molecule has 0 radical (unpaired) electrons. The highest BCUT2D eigenvalue weighted by Gasteiger charge is 2.45. The van der Waals surface area contributed by atoms with E-state index in [-0.39, 0.29) is 54.2 Å². The molecule has 0 unspecified atom stereocenters. The maximum atomic E-state index is 12.2. The fourth-order valence-corrected chi connectivity index (χ4v) is 8.70. The minimum Gasteiger partial charge on any atom is -0.543 e. The van der Waals surface area contributed by atoms with Gasteiger partial charge in [-0.1, -0.05) is 71.7 Å².